The fourth-order valence-corrected chi connectivity index (χ4v) is 4.45. The molecule has 4 rings (SSSR count). The fourth-order valence-electron chi connectivity index (χ4n) is 4.45. The normalized spacial score (nSPS) is 11.5. The molecule has 0 saturated carbocycles. The predicted octanol–water partition coefficient (Wildman–Crippen LogP) is 6.87. The lowest BCUT2D eigenvalue weighted by molar-refractivity contribution is 0.914. The largest absolute Gasteiger partial charge is 0.361 e. The van der Waals surface area contributed by atoms with Crippen molar-refractivity contribution in [3.63, 3.8) is 0 Å². The maximum atomic E-state index is 9.83. The number of para-hydroxylation sites is 1. The van der Waals surface area contributed by atoms with Gasteiger partial charge in [0.05, 0.1) is 17.4 Å². The van der Waals surface area contributed by atoms with E-state index in [9.17, 15) is 5.26 Å². The third kappa shape index (κ3) is 4.49. The standard InChI is InChI=1S/C29H30N4/c1-20-11-12-21(2)32(20)28-16-25(15-26(18-30)19-31-27-9-7-6-8-10-27)17-29(24(28)5)33-22(3)13-14-23(33)4/h6-14,16-17,19,31H,15H2,1-5H3. The Morgan fingerprint density at radius 2 is 1.27 bits per heavy atom. The van der Waals surface area contributed by atoms with Gasteiger partial charge in [0, 0.05) is 46.7 Å². The molecule has 2 aromatic carbocycles. The van der Waals surface area contributed by atoms with E-state index in [-0.39, 0.29) is 0 Å². The highest BCUT2D eigenvalue weighted by atomic mass is 15.0. The number of nitrogens with one attached hydrogen (secondary N) is 1. The molecule has 33 heavy (non-hydrogen) atoms. The van der Waals surface area contributed by atoms with Gasteiger partial charge < -0.3 is 14.5 Å². The Bertz CT molecular complexity index is 1250. The van der Waals surface area contributed by atoms with E-state index in [2.05, 4.69) is 91.5 Å². The van der Waals surface area contributed by atoms with E-state index in [0.717, 1.165) is 22.6 Å². The summed E-state index contributed by atoms with van der Waals surface area (Å²) in [5.74, 6) is 0. The van der Waals surface area contributed by atoms with Crippen LogP contribution >= 0.6 is 0 Å². The molecule has 0 amide bonds. The van der Waals surface area contributed by atoms with E-state index in [0.29, 0.717) is 12.0 Å². The van der Waals surface area contributed by atoms with Crippen LogP contribution in [0.3, 0.4) is 0 Å². The van der Waals surface area contributed by atoms with Crippen LogP contribution in [0.5, 0.6) is 0 Å². The van der Waals surface area contributed by atoms with Gasteiger partial charge in [-0.3, -0.25) is 0 Å². The average molecular weight is 435 g/mol. The first-order valence-electron chi connectivity index (χ1n) is 11.2. The first-order chi connectivity index (χ1) is 15.9. The molecular weight excluding hydrogens is 404 g/mol. The third-order valence-corrected chi connectivity index (χ3v) is 6.16. The molecule has 0 saturated heterocycles. The Morgan fingerprint density at radius 1 is 0.788 bits per heavy atom. The number of rotatable bonds is 6. The molecule has 0 radical (unpaired) electrons. The highest BCUT2D eigenvalue weighted by Crippen LogP contribution is 2.30. The van der Waals surface area contributed by atoms with Crippen molar-refractivity contribution in [2.45, 2.75) is 41.0 Å². The Morgan fingerprint density at radius 3 is 1.73 bits per heavy atom. The summed E-state index contributed by atoms with van der Waals surface area (Å²) in [7, 11) is 0. The van der Waals surface area contributed by atoms with E-state index < -0.39 is 0 Å². The van der Waals surface area contributed by atoms with Crippen molar-refractivity contribution < 1.29 is 0 Å². The van der Waals surface area contributed by atoms with Gasteiger partial charge in [-0.25, -0.2) is 0 Å². The van der Waals surface area contributed by atoms with Crippen LogP contribution in [0.25, 0.3) is 11.4 Å². The van der Waals surface area contributed by atoms with Crippen LogP contribution in [0.2, 0.25) is 0 Å². The highest BCUT2D eigenvalue weighted by Gasteiger charge is 2.16. The molecule has 0 unspecified atom stereocenters. The minimum absolute atomic E-state index is 0.551. The van der Waals surface area contributed by atoms with Crippen LogP contribution in [0.15, 0.2) is 78.5 Å². The van der Waals surface area contributed by atoms with E-state index in [1.54, 1.807) is 0 Å². The van der Waals surface area contributed by atoms with Crippen molar-refractivity contribution >= 4 is 5.69 Å². The Balaban J connectivity index is 1.82. The summed E-state index contributed by atoms with van der Waals surface area (Å²) in [4.78, 5) is 0. The number of benzene rings is 2. The zero-order valence-corrected chi connectivity index (χ0v) is 20.0. The molecule has 4 nitrogen and oxygen atoms in total. The maximum absolute atomic E-state index is 9.83. The second kappa shape index (κ2) is 9.26. The summed E-state index contributed by atoms with van der Waals surface area (Å²) in [6, 6.07) is 25.3. The van der Waals surface area contributed by atoms with Crippen molar-refractivity contribution in [3.8, 4) is 17.4 Å². The molecule has 0 aliphatic carbocycles. The van der Waals surface area contributed by atoms with Gasteiger partial charge in [-0.1, -0.05) is 18.2 Å². The van der Waals surface area contributed by atoms with Crippen molar-refractivity contribution in [1.29, 1.82) is 5.26 Å². The first kappa shape index (κ1) is 22.2. The molecule has 0 spiro atoms. The fraction of sp³-hybridized carbons (Fsp3) is 0.207. The molecule has 0 aliphatic heterocycles. The lowest BCUT2D eigenvalue weighted by Crippen LogP contribution is -2.09. The smallest absolute Gasteiger partial charge is 0.0965 e. The first-order valence-corrected chi connectivity index (χ1v) is 11.2. The molecule has 0 fully saturated rings. The molecule has 4 heteroatoms. The van der Waals surface area contributed by atoms with Crippen molar-refractivity contribution in [1.82, 2.24) is 9.13 Å². The van der Waals surface area contributed by atoms with Crippen LogP contribution in [0, 0.1) is 45.9 Å². The summed E-state index contributed by atoms with van der Waals surface area (Å²) in [6.07, 6.45) is 2.36. The Labute approximate surface area is 196 Å². The van der Waals surface area contributed by atoms with E-state index in [4.69, 9.17) is 0 Å². The van der Waals surface area contributed by atoms with Gasteiger partial charge in [0.1, 0.15) is 0 Å². The van der Waals surface area contributed by atoms with Crippen LogP contribution in [-0.4, -0.2) is 9.13 Å². The molecule has 1 N–H and O–H groups in total. The molecule has 2 heterocycles. The Hall–Kier alpha value is -3.97. The zero-order chi connectivity index (χ0) is 23.5. The van der Waals surface area contributed by atoms with Crippen molar-refractivity contribution in [2.24, 2.45) is 0 Å². The maximum Gasteiger partial charge on any atom is 0.0965 e. The quantitative estimate of drug-likeness (QED) is 0.337. The molecule has 4 aromatic rings. The van der Waals surface area contributed by atoms with Gasteiger partial charge in [-0.05, 0) is 94.3 Å². The van der Waals surface area contributed by atoms with Gasteiger partial charge in [0.25, 0.3) is 0 Å². The number of hydrogen-bond donors (Lipinski definition) is 1. The van der Waals surface area contributed by atoms with Gasteiger partial charge >= 0.3 is 0 Å². The monoisotopic (exact) mass is 434 g/mol. The lowest BCUT2D eigenvalue weighted by atomic mass is 10.0. The molecule has 0 aliphatic rings. The summed E-state index contributed by atoms with van der Waals surface area (Å²) in [5.41, 5.74) is 11.1. The van der Waals surface area contributed by atoms with Gasteiger partial charge in [-0.15, -0.1) is 0 Å². The second-order valence-corrected chi connectivity index (χ2v) is 8.63. The average Bonchev–Trinajstić information content (AvgIpc) is 3.33. The summed E-state index contributed by atoms with van der Waals surface area (Å²) in [6.45, 7) is 10.7. The SMILES string of the molecule is Cc1c(-n2c(C)ccc2C)cc(CC(C#N)=CNc2ccccc2)cc1-n1c(C)ccc1C. The number of allylic oxidation sites excluding steroid dienone is 1. The summed E-state index contributed by atoms with van der Waals surface area (Å²) < 4.78 is 4.60. The zero-order valence-electron chi connectivity index (χ0n) is 20.0. The molecular formula is C29H30N4. The van der Waals surface area contributed by atoms with E-state index >= 15 is 0 Å². The molecule has 2 aromatic heterocycles. The van der Waals surface area contributed by atoms with Crippen molar-refractivity contribution in [2.75, 3.05) is 5.32 Å². The highest BCUT2D eigenvalue weighted by molar-refractivity contribution is 5.59. The van der Waals surface area contributed by atoms with Crippen LogP contribution in [0.4, 0.5) is 5.69 Å². The topological polar surface area (TPSA) is 45.7 Å². The van der Waals surface area contributed by atoms with E-state index in [1.807, 2.05) is 36.5 Å². The van der Waals surface area contributed by atoms with E-state index in [1.165, 1.54) is 28.3 Å². The van der Waals surface area contributed by atoms with Crippen LogP contribution < -0.4 is 5.32 Å². The van der Waals surface area contributed by atoms with Crippen LogP contribution in [-0.2, 0) is 6.42 Å². The second-order valence-electron chi connectivity index (χ2n) is 8.63. The van der Waals surface area contributed by atoms with Crippen LogP contribution in [0.1, 0.15) is 33.9 Å². The number of nitriles is 1. The summed E-state index contributed by atoms with van der Waals surface area (Å²) in [5, 5.41) is 13.1. The minimum Gasteiger partial charge on any atom is -0.361 e. The summed E-state index contributed by atoms with van der Waals surface area (Å²) >= 11 is 0. The molecule has 166 valence electrons. The number of anilines is 1. The lowest BCUT2D eigenvalue weighted by Gasteiger charge is -2.21. The van der Waals surface area contributed by atoms with Gasteiger partial charge in [0.15, 0.2) is 0 Å². The van der Waals surface area contributed by atoms with Gasteiger partial charge in [0.2, 0.25) is 0 Å². The number of aryl methyl sites for hydroxylation is 4. The van der Waals surface area contributed by atoms with Gasteiger partial charge in [-0.2, -0.15) is 5.26 Å². The molecule has 0 bridgehead atoms. The minimum atomic E-state index is 0.551. The predicted molar refractivity (Wildman–Crippen MR) is 136 cm³/mol. The third-order valence-electron chi connectivity index (χ3n) is 6.16. The number of aromatic nitrogens is 2. The number of hydrogen-bond acceptors (Lipinski definition) is 2. The number of nitrogens with zero attached hydrogens (tertiary/aromatic N) is 3. The molecule has 0 atom stereocenters. The Kier molecular flexibility index (Phi) is 6.24. The van der Waals surface area contributed by atoms with Crippen molar-refractivity contribution in [3.05, 3.63) is 112 Å².